The van der Waals surface area contributed by atoms with Crippen molar-refractivity contribution in [3.8, 4) is 0 Å². The van der Waals surface area contributed by atoms with Gasteiger partial charge in [0.05, 0.1) is 19.3 Å². The highest BCUT2D eigenvalue weighted by atomic mass is 16.5. The molecule has 2 amide bonds. The highest BCUT2D eigenvalue weighted by Crippen LogP contribution is 2.30. The third-order valence-electron chi connectivity index (χ3n) is 4.81. The van der Waals surface area contributed by atoms with Gasteiger partial charge in [-0.25, -0.2) is 4.79 Å². The second-order valence-electron chi connectivity index (χ2n) is 6.24. The van der Waals surface area contributed by atoms with Crippen LogP contribution >= 0.6 is 0 Å². The molecule has 0 radical (unpaired) electrons. The maximum absolute atomic E-state index is 11.9. The Hall–Kier alpha value is -1.30. The summed E-state index contributed by atoms with van der Waals surface area (Å²) in [7, 11) is 0. The zero-order valence-corrected chi connectivity index (χ0v) is 12.6. The molecule has 0 aromatic carbocycles. The molecule has 0 aromatic heterocycles. The van der Waals surface area contributed by atoms with Crippen LogP contribution in [0.5, 0.6) is 0 Å². The molecule has 6 nitrogen and oxygen atoms in total. The van der Waals surface area contributed by atoms with E-state index in [0.717, 1.165) is 5.92 Å². The molecule has 0 bridgehead atoms. The van der Waals surface area contributed by atoms with Gasteiger partial charge in [0, 0.05) is 6.54 Å². The van der Waals surface area contributed by atoms with Crippen LogP contribution in [0.4, 0.5) is 4.79 Å². The molecule has 3 N–H and O–H groups in total. The second-order valence-corrected chi connectivity index (χ2v) is 6.24. The SMILES string of the molecule is CCC1CCC(CNC(=O)NC2COCC2C(=O)O)CC1. The molecule has 120 valence electrons. The summed E-state index contributed by atoms with van der Waals surface area (Å²) >= 11 is 0. The van der Waals surface area contributed by atoms with E-state index in [4.69, 9.17) is 9.84 Å². The van der Waals surface area contributed by atoms with Crippen LogP contribution in [-0.2, 0) is 9.53 Å². The van der Waals surface area contributed by atoms with Crippen molar-refractivity contribution in [1.82, 2.24) is 10.6 Å². The lowest BCUT2D eigenvalue weighted by molar-refractivity contribution is -0.142. The molecular formula is C15H26N2O4. The number of nitrogens with one attached hydrogen (secondary N) is 2. The molecule has 1 saturated heterocycles. The number of carboxylic acids is 1. The van der Waals surface area contributed by atoms with Crippen molar-refractivity contribution in [2.45, 2.75) is 45.1 Å². The molecule has 0 aromatic rings. The Balaban J connectivity index is 1.67. The van der Waals surface area contributed by atoms with Gasteiger partial charge in [0.1, 0.15) is 5.92 Å². The number of hydrogen-bond donors (Lipinski definition) is 3. The standard InChI is InChI=1S/C15H26N2O4/c1-2-10-3-5-11(6-4-10)7-16-15(20)17-13-9-21-8-12(13)14(18)19/h10-13H,2-9H2,1H3,(H,18,19)(H2,16,17,20). The monoisotopic (exact) mass is 298 g/mol. The summed E-state index contributed by atoms with van der Waals surface area (Å²) in [5.74, 6) is -0.165. The normalized spacial score (nSPS) is 32.6. The fraction of sp³-hybridized carbons (Fsp3) is 0.867. The smallest absolute Gasteiger partial charge is 0.315 e. The van der Waals surface area contributed by atoms with Gasteiger partial charge >= 0.3 is 12.0 Å². The topological polar surface area (TPSA) is 87.7 Å². The van der Waals surface area contributed by atoms with E-state index >= 15 is 0 Å². The van der Waals surface area contributed by atoms with Crippen LogP contribution in [0.3, 0.4) is 0 Å². The molecule has 2 unspecified atom stereocenters. The molecule has 1 heterocycles. The highest BCUT2D eigenvalue weighted by Gasteiger charge is 2.35. The number of carbonyl (C=O) groups is 2. The van der Waals surface area contributed by atoms with Crippen molar-refractivity contribution in [3.63, 3.8) is 0 Å². The van der Waals surface area contributed by atoms with E-state index < -0.39 is 17.9 Å². The van der Waals surface area contributed by atoms with E-state index in [2.05, 4.69) is 17.6 Å². The average molecular weight is 298 g/mol. The third kappa shape index (κ3) is 4.59. The number of amides is 2. The molecular weight excluding hydrogens is 272 g/mol. The van der Waals surface area contributed by atoms with Gasteiger partial charge in [0.25, 0.3) is 0 Å². The maximum Gasteiger partial charge on any atom is 0.315 e. The van der Waals surface area contributed by atoms with Crippen molar-refractivity contribution in [3.05, 3.63) is 0 Å². The van der Waals surface area contributed by atoms with Gasteiger partial charge in [0.2, 0.25) is 0 Å². The van der Waals surface area contributed by atoms with Crippen molar-refractivity contribution in [2.75, 3.05) is 19.8 Å². The largest absolute Gasteiger partial charge is 0.481 e. The predicted octanol–water partition coefficient (Wildman–Crippen LogP) is 1.60. The number of carboxylic acid groups (broad SMARTS) is 1. The van der Waals surface area contributed by atoms with Crippen LogP contribution < -0.4 is 10.6 Å². The Labute approximate surface area is 125 Å². The van der Waals surface area contributed by atoms with Gasteiger partial charge < -0.3 is 20.5 Å². The van der Waals surface area contributed by atoms with E-state index in [1.807, 2.05) is 0 Å². The first kappa shape index (κ1) is 16.1. The fourth-order valence-corrected chi connectivity index (χ4v) is 3.24. The number of carbonyl (C=O) groups excluding carboxylic acids is 1. The average Bonchev–Trinajstić information content (AvgIpc) is 2.94. The van der Waals surface area contributed by atoms with Gasteiger partial charge in [-0.05, 0) is 24.7 Å². The van der Waals surface area contributed by atoms with E-state index in [9.17, 15) is 9.59 Å². The quantitative estimate of drug-likeness (QED) is 0.719. The van der Waals surface area contributed by atoms with Crippen molar-refractivity contribution in [1.29, 1.82) is 0 Å². The molecule has 1 saturated carbocycles. The summed E-state index contributed by atoms with van der Waals surface area (Å²) in [6, 6.07) is -0.715. The summed E-state index contributed by atoms with van der Waals surface area (Å²) in [6.45, 7) is 3.35. The third-order valence-corrected chi connectivity index (χ3v) is 4.81. The van der Waals surface area contributed by atoms with Crippen LogP contribution in [0.2, 0.25) is 0 Å². The Kier molecular flexibility index (Phi) is 5.85. The molecule has 2 aliphatic rings. The summed E-state index contributed by atoms with van der Waals surface area (Å²) in [5, 5.41) is 14.6. The maximum atomic E-state index is 11.9. The minimum Gasteiger partial charge on any atom is -0.481 e. The Morgan fingerprint density at radius 3 is 2.43 bits per heavy atom. The van der Waals surface area contributed by atoms with Gasteiger partial charge in [-0.2, -0.15) is 0 Å². The van der Waals surface area contributed by atoms with Crippen molar-refractivity contribution >= 4 is 12.0 Å². The lowest BCUT2D eigenvalue weighted by Gasteiger charge is -2.28. The highest BCUT2D eigenvalue weighted by molar-refractivity contribution is 5.77. The predicted molar refractivity (Wildman–Crippen MR) is 78.0 cm³/mol. The Bertz CT molecular complexity index is 367. The summed E-state index contributed by atoms with van der Waals surface area (Å²) in [4.78, 5) is 22.9. The zero-order valence-electron chi connectivity index (χ0n) is 12.6. The van der Waals surface area contributed by atoms with E-state index in [1.165, 1.54) is 32.1 Å². The van der Waals surface area contributed by atoms with Crippen LogP contribution in [0.25, 0.3) is 0 Å². The minimum absolute atomic E-state index is 0.168. The van der Waals surface area contributed by atoms with Gasteiger partial charge in [-0.3, -0.25) is 4.79 Å². The first-order chi connectivity index (χ1) is 10.1. The van der Waals surface area contributed by atoms with Gasteiger partial charge in [-0.15, -0.1) is 0 Å². The molecule has 21 heavy (non-hydrogen) atoms. The summed E-state index contributed by atoms with van der Waals surface area (Å²) < 4.78 is 5.13. The minimum atomic E-state index is -0.921. The molecule has 2 atom stereocenters. The molecule has 0 spiro atoms. The Morgan fingerprint density at radius 1 is 1.14 bits per heavy atom. The lowest BCUT2D eigenvalue weighted by atomic mass is 9.81. The summed E-state index contributed by atoms with van der Waals surface area (Å²) in [5.41, 5.74) is 0. The zero-order chi connectivity index (χ0) is 15.2. The molecule has 1 aliphatic heterocycles. The summed E-state index contributed by atoms with van der Waals surface area (Å²) in [6.07, 6.45) is 6.09. The number of aliphatic carboxylic acids is 1. The van der Waals surface area contributed by atoms with Crippen molar-refractivity contribution < 1.29 is 19.4 Å². The van der Waals surface area contributed by atoms with E-state index in [0.29, 0.717) is 12.5 Å². The van der Waals surface area contributed by atoms with Gasteiger partial charge in [0.15, 0.2) is 0 Å². The van der Waals surface area contributed by atoms with Crippen molar-refractivity contribution in [2.24, 2.45) is 17.8 Å². The van der Waals surface area contributed by atoms with Gasteiger partial charge in [-0.1, -0.05) is 26.2 Å². The van der Waals surface area contributed by atoms with Crippen LogP contribution in [0, 0.1) is 17.8 Å². The van der Waals surface area contributed by atoms with E-state index in [-0.39, 0.29) is 19.2 Å². The molecule has 1 aliphatic carbocycles. The number of rotatable bonds is 5. The van der Waals surface area contributed by atoms with Crippen LogP contribution in [-0.4, -0.2) is 42.9 Å². The number of ether oxygens (including phenoxy) is 1. The molecule has 2 fully saturated rings. The first-order valence-electron chi connectivity index (χ1n) is 7.95. The Morgan fingerprint density at radius 2 is 1.81 bits per heavy atom. The number of urea groups is 1. The fourth-order valence-electron chi connectivity index (χ4n) is 3.24. The van der Waals surface area contributed by atoms with Crippen LogP contribution in [0.15, 0.2) is 0 Å². The van der Waals surface area contributed by atoms with E-state index in [1.54, 1.807) is 0 Å². The molecule has 6 heteroatoms. The molecule has 2 rings (SSSR count). The second kappa shape index (κ2) is 7.64. The van der Waals surface area contributed by atoms with Crippen LogP contribution in [0.1, 0.15) is 39.0 Å². The first-order valence-corrected chi connectivity index (χ1v) is 7.95. The lowest BCUT2D eigenvalue weighted by Crippen LogP contribution is -2.48. The number of hydrogen-bond acceptors (Lipinski definition) is 3.